The summed E-state index contributed by atoms with van der Waals surface area (Å²) in [5.74, 6) is -0.726. The molecular weight excluding hydrogens is 340 g/mol. The Bertz CT molecular complexity index is 718. The highest BCUT2D eigenvalue weighted by Gasteiger charge is 2.46. The van der Waals surface area contributed by atoms with Gasteiger partial charge in [0.25, 0.3) is 0 Å². The van der Waals surface area contributed by atoms with Crippen molar-refractivity contribution in [3.8, 4) is 0 Å². The van der Waals surface area contributed by atoms with E-state index in [2.05, 4.69) is 5.32 Å². The molecule has 6 heteroatoms. The predicted octanol–water partition coefficient (Wildman–Crippen LogP) is 3.32. The summed E-state index contributed by atoms with van der Waals surface area (Å²) in [6.07, 6.45) is 5.94. The number of imide groups is 1. The summed E-state index contributed by atoms with van der Waals surface area (Å²) in [5, 5.41) is 3.46. The number of nitrogens with one attached hydrogen (secondary N) is 1. The lowest BCUT2D eigenvalue weighted by atomic mass is 9.85. The molecule has 0 aromatic heterocycles. The Balaban J connectivity index is 1.50. The molecule has 25 heavy (non-hydrogen) atoms. The van der Waals surface area contributed by atoms with Gasteiger partial charge in [-0.3, -0.25) is 19.3 Å². The maximum atomic E-state index is 12.4. The quantitative estimate of drug-likeness (QED) is 0.647. The molecule has 2 aliphatic rings. The van der Waals surface area contributed by atoms with E-state index in [-0.39, 0.29) is 36.0 Å². The number of amides is 3. The minimum Gasteiger partial charge on any atom is -0.326 e. The molecule has 1 fully saturated rings. The third-order valence-electron chi connectivity index (χ3n) is 4.85. The first kappa shape index (κ1) is 17.7. The van der Waals surface area contributed by atoms with Crippen LogP contribution in [0.4, 0.5) is 5.69 Å². The van der Waals surface area contributed by atoms with Gasteiger partial charge < -0.3 is 5.32 Å². The van der Waals surface area contributed by atoms with Gasteiger partial charge >= 0.3 is 0 Å². The standard InChI is InChI=1S/C19H21ClN2O3/c1-12-11-13(20)8-9-16(12)21-17(23)7-4-10-22-18(24)14-5-2-3-6-15(14)19(22)25/h2-3,8-9,11,14-15H,4-7,10H2,1H3,(H,21,23)/t14-,15-/m0/s1. The van der Waals surface area contributed by atoms with Crippen molar-refractivity contribution in [2.75, 3.05) is 11.9 Å². The Kier molecular flexibility index (Phi) is 5.23. The molecule has 1 heterocycles. The number of carbonyl (C=O) groups excluding carboxylic acids is 3. The van der Waals surface area contributed by atoms with Crippen LogP contribution in [0.3, 0.4) is 0 Å². The number of halogens is 1. The minimum atomic E-state index is -0.206. The molecule has 3 amide bonds. The van der Waals surface area contributed by atoms with Crippen molar-refractivity contribution >= 4 is 35.0 Å². The summed E-state index contributed by atoms with van der Waals surface area (Å²) in [6, 6.07) is 5.27. The van der Waals surface area contributed by atoms with Crippen LogP contribution in [0.25, 0.3) is 0 Å². The van der Waals surface area contributed by atoms with Gasteiger partial charge in [-0.2, -0.15) is 0 Å². The molecule has 1 aliphatic heterocycles. The van der Waals surface area contributed by atoms with Gasteiger partial charge in [-0.1, -0.05) is 23.8 Å². The second-order valence-corrected chi connectivity index (χ2v) is 7.03. The number of rotatable bonds is 5. The maximum absolute atomic E-state index is 12.4. The zero-order chi connectivity index (χ0) is 18.0. The third-order valence-corrected chi connectivity index (χ3v) is 5.08. The number of aryl methyl sites for hydroxylation is 1. The fourth-order valence-electron chi connectivity index (χ4n) is 3.47. The van der Waals surface area contributed by atoms with E-state index in [1.807, 2.05) is 19.1 Å². The molecule has 3 rings (SSSR count). The summed E-state index contributed by atoms with van der Waals surface area (Å²) >= 11 is 5.90. The van der Waals surface area contributed by atoms with Gasteiger partial charge in [0.05, 0.1) is 11.8 Å². The summed E-state index contributed by atoms with van der Waals surface area (Å²) in [5.41, 5.74) is 1.61. The predicted molar refractivity (Wildman–Crippen MR) is 96.1 cm³/mol. The lowest BCUT2D eigenvalue weighted by Crippen LogP contribution is -2.32. The van der Waals surface area contributed by atoms with Crippen molar-refractivity contribution in [3.63, 3.8) is 0 Å². The van der Waals surface area contributed by atoms with E-state index in [9.17, 15) is 14.4 Å². The number of benzene rings is 1. The van der Waals surface area contributed by atoms with E-state index in [0.717, 1.165) is 11.3 Å². The number of allylic oxidation sites excluding steroid dienone is 2. The average Bonchev–Trinajstić information content (AvgIpc) is 2.83. The zero-order valence-corrected chi connectivity index (χ0v) is 14.9. The molecule has 1 N–H and O–H groups in total. The van der Waals surface area contributed by atoms with Gasteiger partial charge in [0.1, 0.15) is 0 Å². The molecule has 0 saturated carbocycles. The van der Waals surface area contributed by atoms with Crippen LogP contribution in [0.2, 0.25) is 5.02 Å². The number of anilines is 1. The Labute approximate surface area is 152 Å². The first-order valence-electron chi connectivity index (χ1n) is 8.53. The van der Waals surface area contributed by atoms with Crippen LogP contribution in [0.1, 0.15) is 31.2 Å². The summed E-state index contributed by atoms with van der Waals surface area (Å²) in [7, 11) is 0. The Hall–Kier alpha value is -2.14. The lowest BCUT2D eigenvalue weighted by molar-refractivity contribution is -0.140. The normalized spacial score (nSPS) is 22.2. The van der Waals surface area contributed by atoms with Crippen LogP contribution in [-0.2, 0) is 14.4 Å². The van der Waals surface area contributed by atoms with Gasteiger partial charge in [-0.15, -0.1) is 0 Å². The van der Waals surface area contributed by atoms with Crippen molar-refractivity contribution in [1.82, 2.24) is 4.90 Å². The van der Waals surface area contributed by atoms with Crippen molar-refractivity contribution < 1.29 is 14.4 Å². The molecule has 132 valence electrons. The number of likely N-dealkylation sites (tertiary alicyclic amines) is 1. The molecule has 1 aromatic carbocycles. The molecule has 1 aliphatic carbocycles. The van der Waals surface area contributed by atoms with E-state index < -0.39 is 0 Å². The zero-order valence-electron chi connectivity index (χ0n) is 14.1. The Morgan fingerprint density at radius 3 is 2.44 bits per heavy atom. The number of hydrogen-bond donors (Lipinski definition) is 1. The third kappa shape index (κ3) is 3.76. The first-order chi connectivity index (χ1) is 12.0. The molecular formula is C19H21ClN2O3. The SMILES string of the molecule is Cc1cc(Cl)ccc1NC(=O)CCCN1C(=O)[C@H]2CC=CC[C@@H]2C1=O. The molecule has 5 nitrogen and oxygen atoms in total. The lowest BCUT2D eigenvalue weighted by Gasteiger charge is -2.14. The topological polar surface area (TPSA) is 66.5 Å². The van der Waals surface area contributed by atoms with E-state index in [0.29, 0.717) is 30.8 Å². The second kappa shape index (κ2) is 7.40. The second-order valence-electron chi connectivity index (χ2n) is 6.59. The smallest absolute Gasteiger partial charge is 0.233 e. The molecule has 1 aromatic rings. The van der Waals surface area contributed by atoms with Crippen molar-refractivity contribution in [3.05, 3.63) is 40.9 Å². The molecule has 0 bridgehead atoms. The highest BCUT2D eigenvalue weighted by atomic mass is 35.5. The largest absolute Gasteiger partial charge is 0.326 e. The van der Waals surface area contributed by atoms with Gasteiger partial charge in [0, 0.05) is 23.7 Å². The Morgan fingerprint density at radius 2 is 1.84 bits per heavy atom. The highest BCUT2D eigenvalue weighted by molar-refractivity contribution is 6.30. The molecule has 2 atom stereocenters. The van der Waals surface area contributed by atoms with E-state index in [1.165, 1.54) is 4.90 Å². The average molecular weight is 361 g/mol. The van der Waals surface area contributed by atoms with Crippen molar-refractivity contribution in [1.29, 1.82) is 0 Å². The van der Waals surface area contributed by atoms with Gasteiger partial charge in [-0.25, -0.2) is 0 Å². The Morgan fingerprint density at radius 1 is 1.20 bits per heavy atom. The molecule has 0 spiro atoms. The van der Waals surface area contributed by atoms with Gasteiger partial charge in [-0.05, 0) is 49.9 Å². The van der Waals surface area contributed by atoms with Crippen LogP contribution < -0.4 is 5.32 Å². The number of fused-ring (bicyclic) bond motifs is 1. The van der Waals surface area contributed by atoms with Crippen LogP contribution in [0.5, 0.6) is 0 Å². The van der Waals surface area contributed by atoms with Gasteiger partial charge in [0.2, 0.25) is 17.7 Å². The van der Waals surface area contributed by atoms with Crippen molar-refractivity contribution in [2.24, 2.45) is 11.8 Å². The molecule has 0 unspecified atom stereocenters. The first-order valence-corrected chi connectivity index (χ1v) is 8.91. The fraction of sp³-hybridized carbons (Fsp3) is 0.421. The van der Waals surface area contributed by atoms with Crippen molar-refractivity contribution in [2.45, 2.75) is 32.6 Å². The number of nitrogens with zero attached hydrogens (tertiary/aromatic N) is 1. The van der Waals surface area contributed by atoms with Crippen LogP contribution in [-0.4, -0.2) is 29.2 Å². The van der Waals surface area contributed by atoms with E-state index in [1.54, 1.807) is 18.2 Å². The summed E-state index contributed by atoms with van der Waals surface area (Å²) in [4.78, 5) is 38.1. The number of hydrogen-bond acceptors (Lipinski definition) is 3. The fourth-order valence-corrected chi connectivity index (χ4v) is 3.69. The highest BCUT2D eigenvalue weighted by Crippen LogP contribution is 2.35. The number of carbonyl (C=O) groups is 3. The summed E-state index contributed by atoms with van der Waals surface area (Å²) in [6.45, 7) is 2.18. The monoisotopic (exact) mass is 360 g/mol. The maximum Gasteiger partial charge on any atom is 0.233 e. The van der Waals surface area contributed by atoms with Crippen LogP contribution >= 0.6 is 11.6 Å². The summed E-state index contributed by atoms with van der Waals surface area (Å²) < 4.78 is 0. The van der Waals surface area contributed by atoms with Gasteiger partial charge in [0.15, 0.2) is 0 Å². The van der Waals surface area contributed by atoms with E-state index in [4.69, 9.17) is 11.6 Å². The molecule has 0 radical (unpaired) electrons. The van der Waals surface area contributed by atoms with Crippen LogP contribution in [0.15, 0.2) is 30.4 Å². The molecule has 1 saturated heterocycles. The van der Waals surface area contributed by atoms with Crippen LogP contribution in [0, 0.1) is 18.8 Å². The van der Waals surface area contributed by atoms with E-state index >= 15 is 0 Å². The minimum absolute atomic E-state index is 0.0895.